The highest BCUT2D eigenvalue weighted by Crippen LogP contribution is 2.34. The first-order chi connectivity index (χ1) is 13.1. The van der Waals surface area contributed by atoms with Crippen LogP contribution >= 0.6 is 11.6 Å². The molecule has 1 amide bonds. The van der Waals surface area contributed by atoms with Crippen molar-refractivity contribution in [2.24, 2.45) is 0 Å². The third kappa shape index (κ3) is 3.60. The molecule has 0 fully saturated rings. The predicted molar refractivity (Wildman–Crippen MR) is 102 cm³/mol. The minimum atomic E-state index is -0.919. The Balaban J connectivity index is 1.63. The maximum absolute atomic E-state index is 12.7. The summed E-state index contributed by atoms with van der Waals surface area (Å²) in [5.74, 6) is 0.818. The Labute approximate surface area is 161 Å². The molecule has 136 valence electrons. The number of nitrogens with one attached hydrogen (secondary N) is 1. The second-order valence-electron chi connectivity index (χ2n) is 6.07. The number of ether oxygens (including phenoxy) is 2. The lowest BCUT2D eigenvalue weighted by atomic mass is 9.99. The van der Waals surface area contributed by atoms with E-state index >= 15 is 0 Å². The third-order valence-corrected chi connectivity index (χ3v) is 4.54. The van der Waals surface area contributed by atoms with Crippen LogP contribution in [0.25, 0.3) is 0 Å². The molecular formula is C21H16ClNO4. The number of hydrogen-bond acceptors (Lipinski definition) is 4. The number of aliphatic hydroxyl groups excluding tert-OH is 1. The van der Waals surface area contributed by atoms with Crippen LogP contribution < -0.4 is 14.8 Å². The fraction of sp³-hybridized carbons (Fsp3) is 0.0952. The highest BCUT2D eigenvalue weighted by atomic mass is 35.5. The van der Waals surface area contributed by atoms with E-state index in [0.29, 0.717) is 38.9 Å². The van der Waals surface area contributed by atoms with E-state index in [-0.39, 0.29) is 12.7 Å². The number of anilines is 1. The second kappa shape index (κ2) is 7.31. The van der Waals surface area contributed by atoms with Crippen LogP contribution in [-0.2, 0) is 0 Å². The number of halogens is 1. The van der Waals surface area contributed by atoms with Crippen molar-refractivity contribution in [3.63, 3.8) is 0 Å². The molecule has 2 N–H and O–H groups in total. The molecule has 3 aromatic carbocycles. The molecule has 0 saturated heterocycles. The lowest BCUT2D eigenvalue weighted by Crippen LogP contribution is -2.14. The van der Waals surface area contributed by atoms with Crippen molar-refractivity contribution < 1.29 is 19.4 Å². The van der Waals surface area contributed by atoms with E-state index in [1.807, 2.05) is 30.3 Å². The Morgan fingerprint density at radius 3 is 2.59 bits per heavy atom. The molecule has 0 bridgehead atoms. The monoisotopic (exact) mass is 381 g/mol. The zero-order valence-electron chi connectivity index (χ0n) is 14.2. The van der Waals surface area contributed by atoms with Crippen LogP contribution in [0.15, 0.2) is 66.7 Å². The van der Waals surface area contributed by atoms with Gasteiger partial charge in [-0.15, -0.1) is 0 Å². The second-order valence-corrected chi connectivity index (χ2v) is 6.50. The van der Waals surface area contributed by atoms with Crippen LogP contribution in [0.2, 0.25) is 5.02 Å². The summed E-state index contributed by atoms with van der Waals surface area (Å²) in [4.78, 5) is 12.7. The van der Waals surface area contributed by atoms with Crippen molar-refractivity contribution in [2.45, 2.75) is 6.10 Å². The van der Waals surface area contributed by atoms with E-state index in [1.165, 1.54) is 0 Å². The van der Waals surface area contributed by atoms with E-state index in [1.54, 1.807) is 36.4 Å². The number of hydrogen-bond donors (Lipinski definition) is 2. The summed E-state index contributed by atoms with van der Waals surface area (Å²) in [6, 6.07) is 19.1. The molecule has 3 aromatic rings. The molecule has 27 heavy (non-hydrogen) atoms. The fourth-order valence-corrected chi connectivity index (χ4v) is 3.10. The average Bonchev–Trinajstić information content (AvgIpc) is 3.17. The van der Waals surface area contributed by atoms with Crippen LogP contribution in [0.4, 0.5) is 5.69 Å². The molecule has 4 rings (SSSR count). The third-order valence-electron chi connectivity index (χ3n) is 4.31. The highest BCUT2D eigenvalue weighted by Gasteiger charge is 2.19. The molecule has 0 radical (unpaired) electrons. The molecule has 1 atom stereocenters. The molecule has 0 unspecified atom stereocenters. The van der Waals surface area contributed by atoms with Gasteiger partial charge in [-0.05, 0) is 42.0 Å². The fourth-order valence-electron chi connectivity index (χ4n) is 2.92. The number of amides is 1. The Hall–Kier alpha value is -3.02. The molecule has 5 nitrogen and oxygen atoms in total. The van der Waals surface area contributed by atoms with E-state index in [9.17, 15) is 9.90 Å². The van der Waals surface area contributed by atoms with Gasteiger partial charge >= 0.3 is 0 Å². The van der Waals surface area contributed by atoms with E-state index in [0.717, 1.165) is 0 Å². The van der Waals surface area contributed by atoms with Gasteiger partial charge in [0.05, 0.1) is 0 Å². The molecule has 1 aliphatic rings. The quantitative estimate of drug-likeness (QED) is 0.702. The summed E-state index contributed by atoms with van der Waals surface area (Å²) < 4.78 is 10.6. The maximum atomic E-state index is 12.7. The minimum absolute atomic E-state index is 0.144. The number of carbonyl (C=O) groups is 1. The lowest BCUT2D eigenvalue weighted by molar-refractivity contribution is 0.102. The van der Waals surface area contributed by atoms with Crippen LogP contribution in [0.1, 0.15) is 27.6 Å². The Morgan fingerprint density at radius 1 is 1.00 bits per heavy atom. The molecule has 1 aliphatic heterocycles. The van der Waals surface area contributed by atoms with Gasteiger partial charge in [-0.2, -0.15) is 0 Å². The number of carbonyl (C=O) groups excluding carboxylic acids is 1. The van der Waals surface area contributed by atoms with Gasteiger partial charge in [0, 0.05) is 21.8 Å². The summed E-state index contributed by atoms with van der Waals surface area (Å²) >= 11 is 6.11. The van der Waals surface area contributed by atoms with Gasteiger partial charge in [0.25, 0.3) is 5.91 Å². The van der Waals surface area contributed by atoms with E-state index in [2.05, 4.69) is 5.32 Å². The first kappa shape index (κ1) is 17.4. The van der Waals surface area contributed by atoms with Gasteiger partial charge in [-0.3, -0.25) is 4.79 Å². The number of fused-ring (bicyclic) bond motifs is 1. The first-order valence-corrected chi connectivity index (χ1v) is 8.73. The standard InChI is InChI=1S/C21H16ClNO4/c22-15-7-8-17(16(11-15)20(24)13-4-2-1-3-5-13)23-21(25)14-6-9-18-19(10-14)27-12-26-18/h1-11,20,24H,12H2,(H,23,25)/t20-/m1/s1. The normalized spacial score (nSPS) is 13.3. The molecule has 0 spiro atoms. The van der Waals surface area contributed by atoms with Gasteiger partial charge in [0.1, 0.15) is 6.10 Å². The van der Waals surface area contributed by atoms with E-state index < -0.39 is 6.10 Å². The molecule has 6 heteroatoms. The smallest absolute Gasteiger partial charge is 0.255 e. The first-order valence-electron chi connectivity index (χ1n) is 8.35. The molecule has 1 heterocycles. The van der Waals surface area contributed by atoms with E-state index in [4.69, 9.17) is 21.1 Å². The summed E-state index contributed by atoms with van der Waals surface area (Å²) in [5, 5.41) is 14.1. The zero-order chi connectivity index (χ0) is 18.8. The largest absolute Gasteiger partial charge is 0.454 e. The van der Waals surface area contributed by atoms with Crippen LogP contribution in [0, 0.1) is 0 Å². The van der Waals surface area contributed by atoms with Crippen LogP contribution in [-0.4, -0.2) is 17.8 Å². The molecule has 0 aliphatic carbocycles. The lowest BCUT2D eigenvalue weighted by Gasteiger charge is -2.17. The van der Waals surface area contributed by atoms with Gasteiger partial charge in [0.2, 0.25) is 6.79 Å². The summed E-state index contributed by atoms with van der Waals surface area (Å²) in [6.45, 7) is 0.144. The molecule has 0 saturated carbocycles. The minimum Gasteiger partial charge on any atom is -0.454 e. The van der Waals surface area contributed by atoms with Crippen molar-refractivity contribution in [2.75, 3.05) is 12.1 Å². The number of benzene rings is 3. The Kier molecular flexibility index (Phi) is 4.71. The van der Waals surface area contributed by atoms with Crippen molar-refractivity contribution in [3.8, 4) is 11.5 Å². The average molecular weight is 382 g/mol. The van der Waals surface area contributed by atoms with Crippen molar-refractivity contribution in [1.29, 1.82) is 0 Å². The van der Waals surface area contributed by atoms with Gasteiger partial charge in [-0.1, -0.05) is 41.9 Å². The topological polar surface area (TPSA) is 67.8 Å². The van der Waals surface area contributed by atoms with Gasteiger partial charge < -0.3 is 19.9 Å². The number of rotatable bonds is 4. The zero-order valence-corrected chi connectivity index (χ0v) is 14.9. The number of aliphatic hydroxyl groups is 1. The van der Waals surface area contributed by atoms with Crippen molar-refractivity contribution >= 4 is 23.2 Å². The van der Waals surface area contributed by atoms with Crippen molar-refractivity contribution in [3.05, 3.63) is 88.4 Å². The Morgan fingerprint density at radius 2 is 1.78 bits per heavy atom. The summed E-state index contributed by atoms with van der Waals surface area (Å²) in [7, 11) is 0. The van der Waals surface area contributed by atoms with Crippen LogP contribution in [0.5, 0.6) is 11.5 Å². The summed E-state index contributed by atoms with van der Waals surface area (Å²) in [5.41, 5.74) is 2.13. The highest BCUT2D eigenvalue weighted by molar-refractivity contribution is 6.30. The predicted octanol–water partition coefficient (Wildman–Crippen LogP) is 4.40. The molecular weight excluding hydrogens is 366 g/mol. The Bertz CT molecular complexity index is 991. The molecule has 0 aromatic heterocycles. The maximum Gasteiger partial charge on any atom is 0.255 e. The SMILES string of the molecule is O=C(Nc1ccc(Cl)cc1[C@H](O)c1ccccc1)c1ccc2c(c1)OCO2. The van der Waals surface area contributed by atoms with Crippen LogP contribution in [0.3, 0.4) is 0 Å². The summed E-state index contributed by atoms with van der Waals surface area (Å²) in [6.07, 6.45) is -0.919. The van der Waals surface area contributed by atoms with Crippen molar-refractivity contribution in [1.82, 2.24) is 0 Å². The van der Waals surface area contributed by atoms with Gasteiger partial charge in [0.15, 0.2) is 11.5 Å². The van der Waals surface area contributed by atoms with Gasteiger partial charge in [-0.25, -0.2) is 0 Å².